The van der Waals surface area contributed by atoms with Crippen LogP contribution in [0.15, 0.2) is 0 Å². The Bertz CT molecular complexity index is 322. The molecule has 2 N–H and O–H groups in total. The molecule has 2 saturated heterocycles. The first-order chi connectivity index (χ1) is 7.08. The van der Waals surface area contributed by atoms with Crippen LogP contribution < -0.4 is 5.73 Å². The first-order valence-electron chi connectivity index (χ1n) is 5.74. The Morgan fingerprint density at radius 3 is 2.33 bits per heavy atom. The summed E-state index contributed by atoms with van der Waals surface area (Å²) in [6, 6.07) is 0. The van der Waals surface area contributed by atoms with Gasteiger partial charge in [-0.3, -0.25) is 4.90 Å². The molecule has 0 aliphatic carbocycles. The Morgan fingerprint density at radius 2 is 1.87 bits per heavy atom. The van der Waals surface area contributed by atoms with E-state index in [1.54, 1.807) is 0 Å². The standard InChI is InChI=1S/C10H20N2O2S/c11-8-10(4-7-15(13,14)9-10)12-5-2-1-3-6-12/h1-9,11H2. The molecule has 5 heteroatoms. The lowest BCUT2D eigenvalue weighted by Gasteiger charge is -2.41. The van der Waals surface area contributed by atoms with Crippen molar-refractivity contribution in [2.24, 2.45) is 5.73 Å². The van der Waals surface area contributed by atoms with Crippen molar-refractivity contribution in [1.29, 1.82) is 0 Å². The highest BCUT2D eigenvalue weighted by atomic mass is 32.2. The van der Waals surface area contributed by atoms with Gasteiger partial charge in [-0.25, -0.2) is 8.42 Å². The highest BCUT2D eigenvalue weighted by Crippen LogP contribution is 2.31. The summed E-state index contributed by atoms with van der Waals surface area (Å²) < 4.78 is 23.1. The maximum atomic E-state index is 11.6. The van der Waals surface area contributed by atoms with Gasteiger partial charge in [0.1, 0.15) is 0 Å². The molecule has 0 bridgehead atoms. The lowest BCUT2D eigenvalue weighted by molar-refractivity contribution is 0.0925. The quantitative estimate of drug-likeness (QED) is 0.727. The summed E-state index contributed by atoms with van der Waals surface area (Å²) in [5, 5.41) is 0. The maximum Gasteiger partial charge on any atom is 0.152 e. The van der Waals surface area contributed by atoms with Gasteiger partial charge in [0.15, 0.2) is 9.84 Å². The van der Waals surface area contributed by atoms with Crippen LogP contribution >= 0.6 is 0 Å². The number of nitrogens with zero attached hydrogens (tertiary/aromatic N) is 1. The smallest absolute Gasteiger partial charge is 0.152 e. The molecule has 2 aliphatic heterocycles. The van der Waals surface area contributed by atoms with E-state index in [9.17, 15) is 8.42 Å². The van der Waals surface area contributed by atoms with Crippen molar-refractivity contribution in [2.45, 2.75) is 31.2 Å². The van der Waals surface area contributed by atoms with E-state index in [-0.39, 0.29) is 11.3 Å². The Hall–Kier alpha value is -0.130. The summed E-state index contributed by atoms with van der Waals surface area (Å²) in [5.74, 6) is 0.594. The fourth-order valence-electron chi connectivity index (χ4n) is 2.81. The van der Waals surface area contributed by atoms with Gasteiger partial charge in [-0.1, -0.05) is 6.42 Å². The predicted octanol–water partition coefficient (Wildman–Crippen LogP) is -0.0117. The minimum Gasteiger partial charge on any atom is -0.329 e. The highest BCUT2D eigenvalue weighted by molar-refractivity contribution is 7.91. The van der Waals surface area contributed by atoms with E-state index in [1.807, 2.05) is 0 Å². The third-order valence-corrected chi connectivity index (χ3v) is 5.58. The van der Waals surface area contributed by atoms with Crippen LogP contribution in [0.2, 0.25) is 0 Å². The van der Waals surface area contributed by atoms with Crippen LogP contribution in [0.1, 0.15) is 25.7 Å². The molecule has 0 radical (unpaired) electrons. The van der Waals surface area contributed by atoms with Crippen LogP contribution in [0.4, 0.5) is 0 Å². The Morgan fingerprint density at radius 1 is 1.20 bits per heavy atom. The number of hydrogen-bond acceptors (Lipinski definition) is 4. The van der Waals surface area contributed by atoms with Gasteiger partial charge in [0.2, 0.25) is 0 Å². The number of piperidine rings is 1. The van der Waals surface area contributed by atoms with Gasteiger partial charge in [-0.05, 0) is 32.4 Å². The Labute approximate surface area is 91.7 Å². The van der Waals surface area contributed by atoms with Crippen LogP contribution in [-0.4, -0.2) is 50.0 Å². The zero-order chi connectivity index (χ0) is 10.9. The van der Waals surface area contributed by atoms with E-state index < -0.39 is 9.84 Å². The first-order valence-corrected chi connectivity index (χ1v) is 7.56. The number of nitrogens with two attached hydrogens (primary N) is 1. The van der Waals surface area contributed by atoms with Gasteiger partial charge >= 0.3 is 0 Å². The molecular weight excluding hydrogens is 212 g/mol. The molecule has 2 fully saturated rings. The van der Waals surface area contributed by atoms with Crippen molar-refractivity contribution in [3.05, 3.63) is 0 Å². The van der Waals surface area contributed by atoms with Crippen LogP contribution in [0.3, 0.4) is 0 Å². The van der Waals surface area contributed by atoms with Gasteiger partial charge < -0.3 is 5.73 Å². The minimum absolute atomic E-state index is 0.237. The second-order valence-corrected chi connectivity index (χ2v) is 7.00. The Kier molecular flexibility index (Phi) is 3.05. The van der Waals surface area contributed by atoms with Gasteiger partial charge in [0.25, 0.3) is 0 Å². The lowest BCUT2D eigenvalue weighted by atomic mass is 9.94. The van der Waals surface area contributed by atoms with Crippen molar-refractivity contribution < 1.29 is 8.42 Å². The fourth-order valence-corrected chi connectivity index (χ4v) is 4.91. The average molecular weight is 232 g/mol. The second-order valence-electron chi connectivity index (χ2n) is 4.82. The monoisotopic (exact) mass is 232 g/mol. The second kappa shape index (κ2) is 4.03. The van der Waals surface area contributed by atoms with E-state index in [0.717, 1.165) is 19.5 Å². The summed E-state index contributed by atoms with van der Waals surface area (Å²) in [6.45, 7) is 2.52. The molecule has 1 atom stereocenters. The SMILES string of the molecule is NCC1(N2CCCCC2)CCS(=O)(=O)C1. The Balaban J connectivity index is 2.15. The average Bonchev–Trinajstić information content (AvgIpc) is 2.57. The largest absolute Gasteiger partial charge is 0.329 e. The topological polar surface area (TPSA) is 63.4 Å². The molecule has 88 valence electrons. The van der Waals surface area contributed by atoms with Crippen molar-refractivity contribution >= 4 is 9.84 Å². The fraction of sp³-hybridized carbons (Fsp3) is 1.00. The summed E-state index contributed by atoms with van der Waals surface area (Å²) in [5.41, 5.74) is 5.58. The van der Waals surface area contributed by atoms with E-state index in [0.29, 0.717) is 12.3 Å². The van der Waals surface area contributed by atoms with Crippen LogP contribution in [-0.2, 0) is 9.84 Å². The van der Waals surface area contributed by atoms with Crippen molar-refractivity contribution in [2.75, 3.05) is 31.1 Å². The van der Waals surface area contributed by atoms with Gasteiger partial charge in [0, 0.05) is 12.1 Å². The summed E-state index contributed by atoms with van der Waals surface area (Å²) >= 11 is 0. The van der Waals surface area contributed by atoms with Crippen molar-refractivity contribution in [3.63, 3.8) is 0 Å². The summed E-state index contributed by atoms with van der Waals surface area (Å²) in [7, 11) is -2.84. The number of rotatable bonds is 2. The zero-order valence-electron chi connectivity index (χ0n) is 9.11. The maximum absolute atomic E-state index is 11.6. The molecule has 0 saturated carbocycles. The normalized spacial score (nSPS) is 36.9. The summed E-state index contributed by atoms with van der Waals surface area (Å²) in [4.78, 5) is 2.32. The molecule has 2 rings (SSSR count). The van der Waals surface area contributed by atoms with Gasteiger partial charge in [-0.2, -0.15) is 0 Å². The van der Waals surface area contributed by atoms with E-state index >= 15 is 0 Å². The van der Waals surface area contributed by atoms with E-state index in [4.69, 9.17) is 5.73 Å². The van der Waals surface area contributed by atoms with Crippen molar-refractivity contribution in [1.82, 2.24) is 4.90 Å². The number of sulfone groups is 1. The third kappa shape index (κ3) is 2.19. The molecule has 0 aromatic rings. The molecule has 0 spiro atoms. The molecular formula is C10H20N2O2S. The molecule has 15 heavy (non-hydrogen) atoms. The van der Waals surface area contributed by atoms with Crippen LogP contribution in [0.5, 0.6) is 0 Å². The minimum atomic E-state index is -2.84. The van der Waals surface area contributed by atoms with Crippen molar-refractivity contribution in [3.8, 4) is 0 Å². The first kappa shape index (κ1) is 11.4. The highest BCUT2D eigenvalue weighted by Gasteiger charge is 2.45. The molecule has 2 aliphatic rings. The lowest BCUT2D eigenvalue weighted by Crippen LogP contribution is -2.56. The van der Waals surface area contributed by atoms with E-state index in [1.165, 1.54) is 19.3 Å². The van der Waals surface area contributed by atoms with Gasteiger partial charge in [0.05, 0.1) is 11.5 Å². The van der Waals surface area contributed by atoms with E-state index in [2.05, 4.69) is 4.90 Å². The molecule has 0 amide bonds. The molecule has 0 aromatic carbocycles. The van der Waals surface area contributed by atoms with Crippen LogP contribution in [0, 0.1) is 0 Å². The van der Waals surface area contributed by atoms with Crippen LogP contribution in [0.25, 0.3) is 0 Å². The third-order valence-electron chi connectivity index (χ3n) is 3.77. The molecule has 0 aromatic heterocycles. The molecule has 2 heterocycles. The number of hydrogen-bond donors (Lipinski definition) is 1. The molecule has 1 unspecified atom stereocenters. The number of likely N-dealkylation sites (tertiary alicyclic amines) is 1. The molecule has 4 nitrogen and oxygen atoms in total. The summed E-state index contributed by atoms with van der Waals surface area (Å²) in [6.07, 6.45) is 4.36. The predicted molar refractivity (Wildman–Crippen MR) is 60.5 cm³/mol. The zero-order valence-corrected chi connectivity index (χ0v) is 9.93. The van der Waals surface area contributed by atoms with Gasteiger partial charge in [-0.15, -0.1) is 0 Å².